The van der Waals surface area contributed by atoms with E-state index in [1.165, 1.54) is 11.3 Å². The van der Waals surface area contributed by atoms with Crippen LogP contribution in [0.4, 0.5) is 5.69 Å². The molecule has 0 spiro atoms. The largest absolute Gasteiger partial charge is 0.398 e. The molecule has 0 amide bonds. The SMILES string of the molecule is Cc1cnc(C(C)NS(=O)(=O)c2c(N)ccc(C)c2C)s1. The maximum atomic E-state index is 12.6. The molecule has 0 radical (unpaired) electrons. The molecule has 2 aromatic rings. The quantitative estimate of drug-likeness (QED) is 0.846. The van der Waals surface area contributed by atoms with E-state index >= 15 is 0 Å². The van der Waals surface area contributed by atoms with Crippen LogP contribution < -0.4 is 10.5 Å². The number of nitrogens with zero attached hydrogens (tertiary/aromatic N) is 1. The van der Waals surface area contributed by atoms with Crippen LogP contribution in [0.15, 0.2) is 23.2 Å². The lowest BCUT2D eigenvalue weighted by molar-refractivity contribution is 0.566. The van der Waals surface area contributed by atoms with Crippen molar-refractivity contribution in [2.75, 3.05) is 5.73 Å². The average molecular weight is 325 g/mol. The highest BCUT2D eigenvalue weighted by atomic mass is 32.2. The highest BCUT2D eigenvalue weighted by molar-refractivity contribution is 7.89. The number of nitrogens with one attached hydrogen (secondary N) is 1. The normalized spacial score (nSPS) is 13.3. The van der Waals surface area contributed by atoms with E-state index < -0.39 is 16.1 Å². The average Bonchev–Trinajstić information content (AvgIpc) is 2.80. The van der Waals surface area contributed by atoms with Gasteiger partial charge in [-0.3, -0.25) is 0 Å². The van der Waals surface area contributed by atoms with Gasteiger partial charge in [0.2, 0.25) is 10.0 Å². The van der Waals surface area contributed by atoms with Gasteiger partial charge in [-0.15, -0.1) is 11.3 Å². The Balaban J connectivity index is 2.37. The molecule has 1 aromatic heterocycles. The van der Waals surface area contributed by atoms with Crippen LogP contribution in [-0.4, -0.2) is 13.4 Å². The van der Waals surface area contributed by atoms with E-state index in [4.69, 9.17) is 5.73 Å². The minimum absolute atomic E-state index is 0.155. The van der Waals surface area contributed by atoms with E-state index in [1.54, 1.807) is 26.1 Å². The summed E-state index contributed by atoms with van der Waals surface area (Å²) in [6, 6.07) is 3.04. The van der Waals surface area contributed by atoms with Crippen LogP contribution in [0.25, 0.3) is 0 Å². The summed E-state index contributed by atoms with van der Waals surface area (Å²) in [4.78, 5) is 5.42. The number of anilines is 1. The first kappa shape index (κ1) is 15.9. The van der Waals surface area contributed by atoms with E-state index in [-0.39, 0.29) is 10.6 Å². The molecule has 0 fully saturated rings. The number of thiazole rings is 1. The number of sulfonamides is 1. The first-order chi connectivity index (χ1) is 9.72. The molecular weight excluding hydrogens is 306 g/mol. The van der Waals surface area contributed by atoms with Gasteiger partial charge >= 0.3 is 0 Å². The molecule has 0 saturated carbocycles. The summed E-state index contributed by atoms with van der Waals surface area (Å²) in [5, 5.41) is 0.736. The number of aryl methyl sites for hydroxylation is 2. The number of benzene rings is 1. The van der Waals surface area contributed by atoms with E-state index in [1.807, 2.05) is 19.9 Å². The minimum atomic E-state index is -3.69. The Morgan fingerprint density at radius 1 is 1.29 bits per heavy atom. The maximum Gasteiger partial charge on any atom is 0.243 e. The fourth-order valence-electron chi connectivity index (χ4n) is 2.08. The number of aromatic nitrogens is 1. The second-order valence-corrected chi connectivity index (χ2v) is 8.00. The third-order valence-electron chi connectivity index (χ3n) is 3.32. The number of nitrogens with two attached hydrogens (primary N) is 1. The summed E-state index contributed by atoms with van der Waals surface area (Å²) < 4.78 is 27.9. The molecule has 0 saturated heterocycles. The fourth-order valence-corrected chi connectivity index (χ4v) is 4.57. The summed E-state index contributed by atoms with van der Waals surface area (Å²) in [6.45, 7) is 7.34. The van der Waals surface area contributed by atoms with Gasteiger partial charge in [0.05, 0.1) is 11.7 Å². The van der Waals surface area contributed by atoms with Crippen LogP contribution in [0.5, 0.6) is 0 Å². The standard InChI is InChI=1S/C14H19N3O2S2/c1-8-5-6-12(15)13(10(8)3)21(18,19)17-11(4)14-16-7-9(2)20-14/h5-7,11,17H,15H2,1-4H3. The molecule has 114 valence electrons. The monoisotopic (exact) mass is 325 g/mol. The topological polar surface area (TPSA) is 85.1 Å². The molecule has 1 heterocycles. The fraction of sp³-hybridized carbons (Fsp3) is 0.357. The number of rotatable bonds is 4. The van der Waals surface area contributed by atoms with Gasteiger partial charge in [-0.1, -0.05) is 6.07 Å². The number of nitrogen functional groups attached to an aromatic ring is 1. The molecule has 3 N–H and O–H groups in total. The summed E-state index contributed by atoms with van der Waals surface area (Å²) in [6.07, 6.45) is 1.73. The predicted molar refractivity (Wildman–Crippen MR) is 85.9 cm³/mol. The highest BCUT2D eigenvalue weighted by Gasteiger charge is 2.24. The van der Waals surface area contributed by atoms with Gasteiger partial charge < -0.3 is 5.73 Å². The summed E-state index contributed by atoms with van der Waals surface area (Å²) in [7, 11) is -3.69. The van der Waals surface area contributed by atoms with Gasteiger partial charge in [-0.25, -0.2) is 18.1 Å². The van der Waals surface area contributed by atoms with Gasteiger partial charge in [-0.2, -0.15) is 0 Å². The second-order valence-electron chi connectivity index (χ2n) is 5.08. The maximum absolute atomic E-state index is 12.6. The van der Waals surface area contributed by atoms with Crippen LogP contribution in [-0.2, 0) is 10.0 Å². The molecule has 0 aliphatic rings. The van der Waals surface area contributed by atoms with E-state index in [0.29, 0.717) is 5.56 Å². The van der Waals surface area contributed by atoms with Gasteiger partial charge in [0.25, 0.3) is 0 Å². The smallest absolute Gasteiger partial charge is 0.243 e. The Labute approximate surface area is 129 Å². The Morgan fingerprint density at radius 3 is 2.52 bits per heavy atom. The molecule has 5 nitrogen and oxygen atoms in total. The Kier molecular flexibility index (Phi) is 4.36. The number of hydrogen-bond acceptors (Lipinski definition) is 5. The van der Waals surface area contributed by atoms with Crippen molar-refractivity contribution in [1.82, 2.24) is 9.71 Å². The zero-order valence-corrected chi connectivity index (χ0v) is 14.1. The zero-order chi connectivity index (χ0) is 15.8. The molecule has 1 aromatic carbocycles. The Morgan fingerprint density at radius 2 is 1.95 bits per heavy atom. The van der Waals surface area contributed by atoms with Gasteiger partial charge in [0.1, 0.15) is 9.90 Å². The summed E-state index contributed by atoms with van der Waals surface area (Å²) >= 11 is 1.47. The lowest BCUT2D eigenvalue weighted by atomic mass is 10.1. The lowest BCUT2D eigenvalue weighted by Gasteiger charge is -2.16. The van der Waals surface area contributed by atoms with Crippen molar-refractivity contribution in [1.29, 1.82) is 0 Å². The van der Waals surface area contributed by atoms with Crippen molar-refractivity contribution in [3.63, 3.8) is 0 Å². The third-order valence-corrected chi connectivity index (χ3v) is 6.16. The molecule has 7 heteroatoms. The molecule has 0 aliphatic heterocycles. The van der Waals surface area contributed by atoms with Crippen molar-refractivity contribution >= 4 is 27.0 Å². The third kappa shape index (κ3) is 3.25. The lowest BCUT2D eigenvalue weighted by Crippen LogP contribution is -2.28. The van der Waals surface area contributed by atoms with Crippen molar-refractivity contribution in [3.8, 4) is 0 Å². The molecule has 21 heavy (non-hydrogen) atoms. The molecular formula is C14H19N3O2S2. The van der Waals surface area contributed by atoms with Crippen LogP contribution in [0.3, 0.4) is 0 Å². The molecule has 1 unspecified atom stereocenters. The van der Waals surface area contributed by atoms with Crippen LogP contribution in [0.2, 0.25) is 0 Å². The Hall–Kier alpha value is -1.44. The molecule has 2 rings (SSSR count). The second kappa shape index (κ2) is 5.75. The zero-order valence-electron chi connectivity index (χ0n) is 12.5. The minimum Gasteiger partial charge on any atom is -0.398 e. The highest BCUT2D eigenvalue weighted by Crippen LogP contribution is 2.27. The van der Waals surface area contributed by atoms with E-state index in [0.717, 1.165) is 15.4 Å². The first-order valence-corrected chi connectivity index (χ1v) is 8.82. The van der Waals surface area contributed by atoms with Crippen LogP contribution in [0, 0.1) is 20.8 Å². The van der Waals surface area contributed by atoms with E-state index in [2.05, 4.69) is 9.71 Å². The Bertz CT molecular complexity index is 767. The van der Waals surface area contributed by atoms with Gasteiger partial charge in [0.15, 0.2) is 0 Å². The molecule has 1 atom stereocenters. The van der Waals surface area contributed by atoms with Crippen molar-refractivity contribution in [3.05, 3.63) is 39.3 Å². The van der Waals surface area contributed by atoms with Crippen LogP contribution >= 0.6 is 11.3 Å². The van der Waals surface area contributed by atoms with E-state index in [9.17, 15) is 8.42 Å². The summed E-state index contributed by atoms with van der Waals surface area (Å²) in [5.74, 6) is 0. The van der Waals surface area contributed by atoms with Crippen LogP contribution in [0.1, 0.15) is 34.0 Å². The molecule has 0 aliphatic carbocycles. The van der Waals surface area contributed by atoms with Crippen molar-refractivity contribution in [2.45, 2.75) is 38.6 Å². The predicted octanol–water partition coefficient (Wildman–Crippen LogP) is 2.69. The summed E-state index contributed by atoms with van der Waals surface area (Å²) in [5.41, 5.74) is 7.68. The van der Waals surface area contributed by atoms with Crippen molar-refractivity contribution < 1.29 is 8.42 Å². The first-order valence-electron chi connectivity index (χ1n) is 6.52. The number of hydrogen-bond donors (Lipinski definition) is 2. The molecule has 0 bridgehead atoms. The van der Waals surface area contributed by atoms with Gasteiger partial charge in [-0.05, 0) is 44.9 Å². The van der Waals surface area contributed by atoms with Crippen molar-refractivity contribution in [2.24, 2.45) is 0 Å². The van der Waals surface area contributed by atoms with Gasteiger partial charge in [0, 0.05) is 11.1 Å².